The molecule has 2 heterocycles. The minimum atomic E-state index is 0.0299. The number of rotatable bonds is 3. The summed E-state index contributed by atoms with van der Waals surface area (Å²) >= 11 is 0. The lowest BCUT2D eigenvalue weighted by atomic mass is 9.89. The summed E-state index contributed by atoms with van der Waals surface area (Å²) in [6.45, 7) is 8.41. The van der Waals surface area contributed by atoms with Gasteiger partial charge in [0.1, 0.15) is 5.69 Å². The van der Waals surface area contributed by atoms with Gasteiger partial charge in [0.2, 0.25) is 0 Å². The van der Waals surface area contributed by atoms with E-state index in [2.05, 4.69) is 23.7 Å². The zero-order valence-corrected chi connectivity index (χ0v) is 12.2. The molecule has 1 atom stereocenters. The topological polar surface area (TPSA) is 33.2 Å². The average Bonchev–Trinajstić information content (AvgIpc) is 2.64. The van der Waals surface area contributed by atoms with Crippen LogP contribution in [-0.2, 0) is 0 Å². The summed E-state index contributed by atoms with van der Waals surface area (Å²) in [6.07, 6.45) is 5.67. The fourth-order valence-electron chi connectivity index (χ4n) is 2.83. The van der Waals surface area contributed by atoms with E-state index in [9.17, 15) is 4.79 Å². The van der Waals surface area contributed by atoms with E-state index in [1.807, 2.05) is 18.3 Å². The molecule has 104 valence electrons. The van der Waals surface area contributed by atoms with Crippen molar-refractivity contribution in [3.05, 3.63) is 24.0 Å². The predicted molar refractivity (Wildman–Crippen MR) is 78.6 cm³/mol. The van der Waals surface area contributed by atoms with Crippen LogP contribution in [0.25, 0.3) is 0 Å². The molecule has 19 heavy (non-hydrogen) atoms. The number of hydrogen-bond donors (Lipinski definition) is 0. The molecule has 0 amide bonds. The molecule has 1 unspecified atom stereocenters. The summed E-state index contributed by atoms with van der Waals surface area (Å²) in [4.78, 5) is 17.9. The van der Waals surface area contributed by atoms with E-state index in [1.165, 1.54) is 19.3 Å². The van der Waals surface area contributed by atoms with Crippen LogP contribution >= 0.6 is 0 Å². The maximum absolute atomic E-state index is 11.2. The monoisotopic (exact) mass is 260 g/mol. The summed E-state index contributed by atoms with van der Waals surface area (Å²) in [5, 5.41) is 0. The third kappa shape index (κ3) is 3.55. The van der Waals surface area contributed by atoms with Gasteiger partial charge in [-0.1, -0.05) is 13.8 Å². The van der Waals surface area contributed by atoms with Crippen molar-refractivity contribution in [2.75, 3.05) is 18.0 Å². The molecule has 0 N–H and O–H groups in total. The first-order valence-electron chi connectivity index (χ1n) is 7.30. The predicted octanol–water partition coefficient (Wildman–Crippen LogP) is 3.55. The average molecular weight is 260 g/mol. The van der Waals surface area contributed by atoms with Gasteiger partial charge in [-0.25, -0.2) is 0 Å². The molecule has 0 saturated carbocycles. The van der Waals surface area contributed by atoms with Gasteiger partial charge in [-0.15, -0.1) is 0 Å². The molecule has 2 rings (SSSR count). The maximum Gasteiger partial charge on any atom is 0.178 e. The molecule has 0 spiro atoms. The minimum Gasteiger partial charge on any atom is -0.370 e. The lowest BCUT2D eigenvalue weighted by molar-refractivity contribution is 0.101. The first kappa shape index (κ1) is 14.0. The van der Waals surface area contributed by atoms with Crippen molar-refractivity contribution in [3.8, 4) is 0 Å². The molecular formula is C16H24N2O. The van der Waals surface area contributed by atoms with E-state index >= 15 is 0 Å². The number of carbonyl (C=O) groups is 1. The highest BCUT2D eigenvalue weighted by atomic mass is 16.1. The Morgan fingerprint density at radius 3 is 2.68 bits per heavy atom. The third-order valence-electron chi connectivity index (χ3n) is 4.19. The second-order valence-electron chi connectivity index (χ2n) is 5.88. The molecule has 1 fully saturated rings. The number of nitrogens with zero attached hydrogens (tertiary/aromatic N) is 2. The number of Topliss-reactive ketones (excluding diaryl/α,β-unsaturated/α-hetero) is 1. The first-order valence-corrected chi connectivity index (χ1v) is 7.30. The Morgan fingerprint density at radius 1 is 1.32 bits per heavy atom. The van der Waals surface area contributed by atoms with E-state index in [-0.39, 0.29) is 5.78 Å². The summed E-state index contributed by atoms with van der Waals surface area (Å²) in [7, 11) is 0. The number of ketones is 1. The molecule has 1 saturated heterocycles. The molecule has 1 aromatic rings. The molecule has 1 aromatic heterocycles. The van der Waals surface area contributed by atoms with Gasteiger partial charge in [-0.3, -0.25) is 9.78 Å². The number of carbonyl (C=O) groups excluding carboxylic acids is 1. The van der Waals surface area contributed by atoms with Crippen molar-refractivity contribution in [3.63, 3.8) is 0 Å². The lowest BCUT2D eigenvalue weighted by Crippen LogP contribution is -2.24. The second kappa shape index (κ2) is 6.18. The molecule has 1 aliphatic heterocycles. The van der Waals surface area contributed by atoms with Crippen LogP contribution in [0.3, 0.4) is 0 Å². The Balaban J connectivity index is 2.03. The summed E-state index contributed by atoms with van der Waals surface area (Å²) in [5.74, 6) is 1.65. The molecule has 0 radical (unpaired) electrons. The SMILES string of the molecule is CC(=O)c1ccc(N2CCCC(C(C)C)CC2)cn1. The van der Waals surface area contributed by atoms with E-state index < -0.39 is 0 Å². The Morgan fingerprint density at radius 2 is 2.11 bits per heavy atom. The van der Waals surface area contributed by atoms with Crippen LogP contribution < -0.4 is 4.90 Å². The van der Waals surface area contributed by atoms with Crippen molar-refractivity contribution in [2.45, 2.75) is 40.0 Å². The highest BCUT2D eigenvalue weighted by Gasteiger charge is 2.19. The van der Waals surface area contributed by atoms with Crippen LogP contribution in [0.1, 0.15) is 50.5 Å². The third-order valence-corrected chi connectivity index (χ3v) is 4.19. The summed E-state index contributed by atoms with van der Waals surface area (Å²) < 4.78 is 0. The van der Waals surface area contributed by atoms with Gasteiger partial charge >= 0.3 is 0 Å². The van der Waals surface area contributed by atoms with Crippen molar-refractivity contribution in [1.29, 1.82) is 0 Å². The molecule has 3 heteroatoms. The number of pyridine rings is 1. The molecule has 3 nitrogen and oxygen atoms in total. The van der Waals surface area contributed by atoms with Crippen LogP contribution in [0.5, 0.6) is 0 Å². The van der Waals surface area contributed by atoms with Gasteiger partial charge in [-0.05, 0) is 43.2 Å². The zero-order chi connectivity index (χ0) is 13.8. The molecule has 1 aliphatic rings. The second-order valence-corrected chi connectivity index (χ2v) is 5.88. The van der Waals surface area contributed by atoms with Gasteiger partial charge in [0.25, 0.3) is 0 Å². The fourth-order valence-corrected chi connectivity index (χ4v) is 2.83. The zero-order valence-electron chi connectivity index (χ0n) is 12.2. The summed E-state index contributed by atoms with van der Waals surface area (Å²) in [5.41, 5.74) is 1.70. The molecule has 0 aliphatic carbocycles. The molecular weight excluding hydrogens is 236 g/mol. The van der Waals surface area contributed by atoms with Crippen LogP contribution in [0, 0.1) is 11.8 Å². The first-order chi connectivity index (χ1) is 9.08. The van der Waals surface area contributed by atoms with E-state index in [1.54, 1.807) is 6.92 Å². The lowest BCUT2D eigenvalue weighted by Gasteiger charge is -2.23. The van der Waals surface area contributed by atoms with Gasteiger partial charge in [0.15, 0.2) is 5.78 Å². The van der Waals surface area contributed by atoms with Gasteiger partial charge in [0, 0.05) is 20.0 Å². The highest BCUT2D eigenvalue weighted by molar-refractivity contribution is 5.92. The maximum atomic E-state index is 11.2. The van der Waals surface area contributed by atoms with Crippen LogP contribution in [0.4, 0.5) is 5.69 Å². The van der Waals surface area contributed by atoms with Gasteiger partial charge in [0.05, 0.1) is 11.9 Å². The largest absolute Gasteiger partial charge is 0.370 e. The number of anilines is 1. The van der Waals surface area contributed by atoms with E-state index in [0.717, 1.165) is 30.6 Å². The number of aromatic nitrogens is 1. The van der Waals surface area contributed by atoms with E-state index in [4.69, 9.17) is 0 Å². The van der Waals surface area contributed by atoms with Gasteiger partial charge < -0.3 is 4.90 Å². The van der Waals surface area contributed by atoms with Crippen LogP contribution in [0.15, 0.2) is 18.3 Å². The highest BCUT2D eigenvalue weighted by Crippen LogP contribution is 2.27. The smallest absolute Gasteiger partial charge is 0.178 e. The van der Waals surface area contributed by atoms with Crippen molar-refractivity contribution in [2.24, 2.45) is 11.8 Å². The Kier molecular flexibility index (Phi) is 4.56. The van der Waals surface area contributed by atoms with Gasteiger partial charge in [-0.2, -0.15) is 0 Å². The standard InChI is InChI=1S/C16H24N2O/c1-12(2)14-5-4-9-18(10-8-14)15-6-7-16(13(3)19)17-11-15/h6-7,11-12,14H,4-5,8-10H2,1-3H3. The molecule has 0 aromatic carbocycles. The number of hydrogen-bond acceptors (Lipinski definition) is 3. The minimum absolute atomic E-state index is 0.0299. The Labute approximate surface area is 116 Å². The Bertz CT molecular complexity index is 425. The van der Waals surface area contributed by atoms with Crippen molar-refractivity contribution in [1.82, 2.24) is 4.98 Å². The quantitative estimate of drug-likeness (QED) is 0.779. The van der Waals surface area contributed by atoms with Crippen LogP contribution in [0.2, 0.25) is 0 Å². The Hall–Kier alpha value is -1.38. The normalized spacial score (nSPS) is 20.4. The van der Waals surface area contributed by atoms with Crippen molar-refractivity contribution < 1.29 is 4.79 Å². The summed E-state index contributed by atoms with van der Waals surface area (Å²) in [6, 6.07) is 3.86. The molecule has 0 bridgehead atoms. The van der Waals surface area contributed by atoms with E-state index in [0.29, 0.717) is 5.69 Å². The van der Waals surface area contributed by atoms with Crippen molar-refractivity contribution >= 4 is 11.5 Å². The fraction of sp³-hybridized carbons (Fsp3) is 0.625. The van der Waals surface area contributed by atoms with Crippen LogP contribution in [-0.4, -0.2) is 23.9 Å².